The number of aliphatic hydroxyl groups is 1. The van der Waals surface area contributed by atoms with Gasteiger partial charge in [-0.15, -0.1) is 0 Å². The van der Waals surface area contributed by atoms with E-state index >= 15 is 0 Å². The van der Waals surface area contributed by atoms with E-state index in [1.807, 2.05) is 19.1 Å². The lowest BCUT2D eigenvalue weighted by Gasteiger charge is -2.17. The number of likely N-dealkylation sites (tertiary alicyclic amines) is 1. The van der Waals surface area contributed by atoms with Crippen LogP contribution >= 0.6 is 0 Å². The van der Waals surface area contributed by atoms with Crippen LogP contribution < -0.4 is 4.74 Å². The van der Waals surface area contributed by atoms with E-state index in [0.717, 1.165) is 18.5 Å². The first-order valence-corrected chi connectivity index (χ1v) is 6.04. The highest BCUT2D eigenvalue weighted by Crippen LogP contribution is 2.31. The Kier molecular flexibility index (Phi) is 3.86. The Morgan fingerprint density at radius 2 is 2.29 bits per heavy atom. The number of phenolic OH excluding ortho intramolecular Hbond substituents is 1. The van der Waals surface area contributed by atoms with Crippen molar-refractivity contribution in [3.8, 4) is 11.5 Å². The molecule has 0 saturated carbocycles. The van der Waals surface area contributed by atoms with Crippen LogP contribution in [-0.2, 0) is 6.54 Å². The maximum atomic E-state index is 10.0. The minimum atomic E-state index is -0.229. The number of phenols is 1. The Labute approximate surface area is 101 Å². The van der Waals surface area contributed by atoms with Crippen LogP contribution in [0.3, 0.4) is 0 Å². The highest BCUT2D eigenvalue weighted by Gasteiger charge is 2.21. The van der Waals surface area contributed by atoms with Gasteiger partial charge in [-0.3, -0.25) is 4.90 Å². The fourth-order valence-electron chi connectivity index (χ4n) is 2.16. The number of para-hydroxylation sites is 1. The van der Waals surface area contributed by atoms with Crippen molar-refractivity contribution in [1.82, 2.24) is 4.90 Å². The Morgan fingerprint density at radius 3 is 2.94 bits per heavy atom. The predicted molar refractivity (Wildman–Crippen MR) is 65.2 cm³/mol. The molecule has 0 radical (unpaired) electrons. The molecule has 4 nitrogen and oxygen atoms in total. The van der Waals surface area contributed by atoms with Crippen molar-refractivity contribution >= 4 is 0 Å². The summed E-state index contributed by atoms with van der Waals surface area (Å²) < 4.78 is 5.34. The first-order valence-electron chi connectivity index (χ1n) is 6.04. The number of ether oxygens (including phenoxy) is 1. The monoisotopic (exact) mass is 237 g/mol. The largest absolute Gasteiger partial charge is 0.504 e. The quantitative estimate of drug-likeness (QED) is 0.830. The number of benzene rings is 1. The summed E-state index contributed by atoms with van der Waals surface area (Å²) in [5.41, 5.74) is 0.852. The maximum absolute atomic E-state index is 10.0. The molecule has 0 aromatic heterocycles. The number of β-amino-alcohol motifs (C(OH)–C–C–N with tert-alkyl or cyclic N) is 1. The number of rotatable bonds is 4. The molecule has 0 amide bonds. The zero-order valence-corrected chi connectivity index (χ0v) is 10.1. The second kappa shape index (κ2) is 5.38. The zero-order chi connectivity index (χ0) is 12.3. The summed E-state index contributed by atoms with van der Waals surface area (Å²) in [4.78, 5) is 2.13. The summed E-state index contributed by atoms with van der Waals surface area (Å²) >= 11 is 0. The van der Waals surface area contributed by atoms with Crippen molar-refractivity contribution in [3.63, 3.8) is 0 Å². The summed E-state index contributed by atoms with van der Waals surface area (Å²) in [7, 11) is 0. The zero-order valence-electron chi connectivity index (χ0n) is 10.1. The van der Waals surface area contributed by atoms with Gasteiger partial charge >= 0.3 is 0 Å². The molecule has 1 aliphatic rings. The van der Waals surface area contributed by atoms with Crippen LogP contribution in [-0.4, -0.2) is 40.9 Å². The van der Waals surface area contributed by atoms with Crippen LogP contribution in [0.2, 0.25) is 0 Å². The van der Waals surface area contributed by atoms with Gasteiger partial charge in [0.25, 0.3) is 0 Å². The fourth-order valence-corrected chi connectivity index (χ4v) is 2.16. The summed E-state index contributed by atoms with van der Waals surface area (Å²) in [6.45, 7) is 4.64. The molecule has 1 aromatic carbocycles. The molecular formula is C13H19NO3. The first kappa shape index (κ1) is 12.2. The van der Waals surface area contributed by atoms with E-state index in [0.29, 0.717) is 25.4 Å². The van der Waals surface area contributed by atoms with Crippen LogP contribution in [0, 0.1) is 0 Å². The van der Waals surface area contributed by atoms with Gasteiger partial charge in [0.15, 0.2) is 11.5 Å². The molecule has 0 spiro atoms. The highest BCUT2D eigenvalue weighted by molar-refractivity contribution is 5.45. The molecule has 94 valence electrons. The molecular weight excluding hydrogens is 218 g/mol. The Bertz CT molecular complexity index is 381. The molecule has 1 unspecified atom stereocenters. The number of nitrogens with zero attached hydrogens (tertiary/aromatic N) is 1. The molecule has 1 aromatic rings. The van der Waals surface area contributed by atoms with Gasteiger partial charge < -0.3 is 14.9 Å². The molecule has 0 bridgehead atoms. The third-order valence-corrected chi connectivity index (χ3v) is 3.02. The summed E-state index contributed by atoms with van der Waals surface area (Å²) in [6, 6.07) is 5.54. The maximum Gasteiger partial charge on any atom is 0.162 e. The third-order valence-electron chi connectivity index (χ3n) is 3.02. The summed E-state index contributed by atoms with van der Waals surface area (Å²) in [5.74, 6) is 0.750. The van der Waals surface area contributed by atoms with Gasteiger partial charge in [-0.2, -0.15) is 0 Å². The average Bonchev–Trinajstić information content (AvgIpc) is 2.70. The lowest BCUT2D eigenvalue weighted by molar-refractivity contribution is 0.174. The van der Waals surface area contributed by atoms with E-state index in [9.17, 15) is 10.2 Å². The number of hydrogen-bond donors (Lipinski definition) is 2. The molecule has 1 saturated heterocycles. The molecule has 17 heavy (non-hydrogen) atoms. The van der Waals surface area contributed by atoms with Gasteiger partial charge in [0.1, 0.15) is 0 Å². The number of hydrogen-bond acceptors (Lipinski definition) is 4. The van der Waals surface area contributed by atoms with E-state index in [2.05, 4.69) is 4.90 Å². The normalized spacial score (nSPS) is 20.7. The van der Waals surface area contributed by atoms with E-state index < -0.39 is 0 Å². The molecule has 4 heteroatoms. The lowest BCUT2D eigenvalue weighted by atomic mass is 10.1. The summed E-state index contributed by atoms with van der Waals surface area (Å²) in [6.07, 6.45) is 0.582. The van der Waals surface area contributed by atoms with Gasteiger partial charge in [0.05, 0.1) is 12.7 Å². The topological polar surface area (TPSA) is 52.9 Å². The van der Waals surface area contributed by atoms with E-state index in [4.69, 9.17) is 4.74 Å². The SMILES string of the molecule is CCOc1cccc(CN2CCC(O)C2)c1O. The van der Waals surface area contributed by atoms with Crippen molar-refractivity contribution in [3.05, 3.63) is 23.8 Å². The molecule has 1 aliphatic heterocycles. The van der Waals surface area contributed by atoms with E-state index in [1.54, 1.807) is 6.07 Å². The van der Waals surface area contributed by atoms with Crippen molar-refractivity contribution in [2.75, 3.05) is 19.7 Å². The first-order chi connectivity index (χ1) is 8.20. The molecule has 2 N–H and O–H groups in total. The van der Waals surface area contributed by atoms with Crippen molar-refractivity contribution in [2.45, 2.75) is 26.0 Å². The van der Waals surface area contributed by atoms with E-state index in [1.165, 1.54) is 0 Å². The highest BCUT2D eigenvalue weighted by atomic mass is 16.5. The van der Waals surface area contributed by atoms with Gasteiger partial charge in [-0.05, 0) is 19.4 Å². The molecule has 1 atom stereocenters. The minimum Gasteiger partial charge on any atom is -0.504 e. The third kappa shape index (κ3) is 2.90. The second-order valence-corrected chi connectivity index (χ2v) is 4.37. The standard InChI is InChI=1S/C13H19NO3/c1-2-17-12-5-3-4-10(13(12)16)8-14-7-6-11(15)9-14/h3-5,11,15-16H,2,6-9H2,1H3. The lowest BCUT2D eigenvalue weighted by Crippen LogP contribution is -2.21. The van der Waals surface area contributed by atoms with Crippen molar-refractivity contribution in [2.24, 2.45) is 0 Å². The molecule has 0 aliphatic carbocycles. The van der Waals surface area contributed by atoms with Crippen LogP contribution in [0.5, 0.6) is 11.5 Å². The van der Waals surface area contributed by atoms with Gasteiger partial charge in [0, 0.05) is 25.2 Å². The van der Waals surface area contributed by atoms with Gasteiger partial charge in [-0.25, -0.2) is 0 Å². The van der Waals surface area contributed by atoms with Crippen LogP contribution in [0.4, 0.5) is 0 Å². The fraction of sp³-hybridized carbons (Fsp3) is 0.538. The van der Waals surface area contributed by atoms with Crippen molar-refractivity contribution < 1.29 is 14.9 Å². The molecule has 1 fully saturated rings. The predicted octanol–water partition coefficient (Wildman–Crippen LogP) is 1.36. The molecule has 1 heterocycles. The van der Waals surface area contributed by atoms with Crippen molar-refractivity contribution in [1.29, 1.82) is 0 Å². The molecule has 2 rings (SSSR count). The Hall–Kier alpha value is -1.26. The Balaban J connectivity index is 2.07. The van der Waals surface area contributed by atoms with Crippen LogP contribution in [0.1, 0.15) is 18.9 Å². The van der Waals surface area contributed by atoms with Gasteiger partial charge in [0.2, 0.25) is 0 Å². The summed E-state index contributed by atoms with van der Waals surface area (Å²) in [5, 5.41) is 19.5. The van der Waals surface area contributed by atoms with Gasteiger partial charge in [-0.1, -0.05) is 12.1 Å². The Morgan fingerprint density at radius 1 is 1.47 bits per heavy atom. The van der Waals surface area contributed by atoms with Crippen LogP contribution in [0.25, 0.3) is 0 Å². The number of aliphatic hydroxyl groups excluding tert-OH is 1. The number of aromatic hydroxyl groups is 1. The van der Waals surface area contributed by atoms with E-state index in [-0.39, 0.29) is 11.9 Å². The van der Waals surface area contributed by atoms with Crippen LogP contribution in [0.15, 0.2) is 18.2 Å². The average molecular weight is 237 g/mol. The smallest absolute Gasteiger partial charge is 0.162 e. The minimum absolute atomic E-state index is 0.218. The second-order valence-electron chi connectivity index (χ2n) is 4.37.